The molecule has 2 aromatic rings. The standard InChI is InChI=1S/C16H13BrF2O/c1-16(2,10-6-8-11(18)9-7-10)15(20)12-4-3-5-13(17)14(12)19/h3-9H,1-2H3. The highest BCUT2D eigenvalue weighted by Crippen LogP contribution is 2.30. The highest BCUT2D eigenvalue weighted by molar-refractivity contribution is 9.10. The zero-order valence-corrected chi connectivity index (χ0v) is 12.7. The van der Waals surface area contributed by atoms with Gasteiger partial charge in [0, 0.05) is 0 Å². The van der Waals surface area contributed by atoms with Crippen LogP contribution in [0.1, 0.15) is 29.8 Å². The molecule has 0 atom stereocenters. The Morgan fingerprint density at radius 2 is 1.65 bits per heavy atom. The predicted molar refractivity (Wildman–Crippen MR) is 77.9 cm³/mol. The number of carbonyl (C=O) groups is 1. The van der Waals surface area contributed by atoms with Gasteiger partial charge in [-0.05, 0) is 59.6 Å². The van der Waals surface area contributed by atoms with Crippen LogP contribution in [0, 0.1) is 11.6 Å². The van der Waals surface area contributed by atoms with Gasteiger partial charge in [0.25, 0.3) is 0 Å². The van der Waals surface area contributed by atoms with Gasteiger partial charge in [0.2, 0.25) is 0 Å². The number of halogens is 3. The first-order chi connectivity index (χ1) is 9.34. The van der Waals surface area contributed by atoms with Gasteiger partial charge >= 0.3 is 0 Å². The van der Waals surface area contributed by atoms with Crippen molar-refractivity contribution in [3.8, 4) is 0 Å². The van der Waals surface area contributed by atoms with Crippen molar-refractivity contribution in [3.63, 3.8) is 0 Å². The maximum absolute atomic E-state index is 14.0. The van der Waals surface area contributed by atoms with E-state index in [0.717, 1.165) is 0 Å². The lowest BCUT2D eigenvalue weighted by Gasteiger charge is -2.24. The Balaban J connectivity index is 2.45. The van der Waals surface area contributed by atoms with E-state index < -0.39 is 11.2 Å². The van der Waals surface area contributed by atoms with Crippen molar-refractivity contribution in [1.82, 2.24) is 0 Å². The Bertz CT molecular complexity index is 648. The van der Waals surface area contributed by atoms with Gasteiger partial charge in [-0.1, -0.05) is 18.2 Å². The van der Waals surface area contributed by atoms with Crippen molar-refractivity contribution in [2.75, 3.05) is 0 Å². The summed E-state index contributed by atoms with van der Waals surface area (Å²) >= 11 is 3.07. The third-order valence-corrected chi connectivity index (χ3v) is 3.94. The topological polar surface area (TPSA) is 17.1 Å². The molecule has 2 aromatic carbocycles. The SMILES string of the molecule is CC(C)(C(=O)c1cccc(Br)c1F)c1ccc(F)cc1. The van der Waals surface area contributed by atoms with E-state index in [1.54, 1.807) is 32.0 Å². The first kappa shape index (κ1) is 14.9. The smallest absolute Gasteiger partial charge is 0.175 e. The van der Waals surface area contributed by atoms with Crippen molar-refractivity contribution in [2.45, 2.75) is 19.3 Å². The van der Waals surface area contributed by atoms with E-state index in [9.17, 15) is 13.6 Å². The summed E-state index contributed by atoms with van der Waals surface area (Å²) in [6, 6.07) is 10.3. The van der Waals surface area contributed by atoms with Crippen molar-refractivity contribution in [2.24, 2.45) is 0 Å². The summed E-state index contributed by atoms with van der Waals surface area (Å²) in [6.45, 7) is 3.39. The fraction of sp³-hybridized carbons (Fsp3) is 0.188. The van der Waals surface area contributed by atoms with Crippen LogP contribution < -0.4 is 0 Å². The molecule has 0 unspecified atom stereocenters. The van der Waals surface area contributed by atoms with Crippen molar-refractivity contribution in [3.05, 3.63) is 69.7 Å². The monoisotopic (exact) mass is 338 g/mol. The fourth-order valence-corrected chi connectivity index (χ4v) is 2.38. The van der Waals surface area contributed by atoms with Gasteiger partial charge in [0.15, 0.2) is 5.78 Å². The first-order valence-electron chi connectivity index (χ1n) is 6.09. The van der Waals surface area contributed by atoms with Crippen LogP contribution in [0.2, 0.25) is 0 Å². The van der Waals surface area contributed by atoms with Crippen LogP contribution >= 0.6 is 15.9 Å². The number of ketones is 1. The van der Waals surface area contributed by atoms with Gasteiger partial charge in [0.1, 0.15) is 11.6 Å². The summed E-state index contributed by atoms with van der Waals surface area (Å²) in [6.07, 6.45) is 0. The van der Waals surface area contributed by atoms with E-state index in [2.05, 4.69) is 15.9 Å². The lowest BCUT2D eigenvalue weighted by atomic mass is 9.78. The Morgan fingerprint density at radius 1 is 1.05 bits per heavy atom. The zero-order valence-electron chi connectivity index (χ0n) is 11.1. The van der Waals surface area contributed by atoms with Crippen LogP contribution in [0.5, 0.6) is 0 Å². The minimum Gasteiger partial charge on any atom is -0.293 e. The molecular weight excluding hydrogens is 326 g/mol. The normalized spacial score (nSPS) is 11.4. The number of hydrogen-bond donors (Lipinski definition) is 0. The summed E-state index contributed by atoms with van der Waals surface area (Å²) in [4.78, 5) is 12.6. The van der Waals surface area contributed by atoms with Gasteiger partial charge in [-0.15, -0.1) is 0 Å². The zero-order chi connectivity index (χ0) is 14.9. The molecule has 0 aliphatic carbocycles. The largest absolute Gasteiger partial charge is 0.293 e. The van der Waals surface area contributed by atoms with Crippen LogP contribution in [0.4, 0.5) is 8.78 Å². The summed E-state index contributed by atoms with van der Waals surface area (Å²) in [5.41, 5.74) is -0.271. The van der Waals surface area contributed by atoms with E-state index >= 15 is 0 Å². The molecule has 0 saturated carbocycles. The molecule has 4 heteroatoms. The number of hydrogen-bond acceptors (Lipinski definition) is 1. The van der Waals surface area contributed by atoms with Gasteiger partial charge in [0.05, 0.1) is 15.5 Å². The number of rotatable bonds is 3. The Morgan fingerprint density at radius 3 is 2.25 bits per heavy atom. The molecule has 0 radical (unpaired) electrons. The molecule has 0 fully saturated rings. The second-order valence-corrected chi connectivity index (χ2v) is 5.92. The van der Waals surface area contributed by atoms with E-state index in [1.807, 2.05) is 0 Å². The molecule has 0 amide bonds. The maximum Gasteiger partial charge on any atom is 0.175 e. The van der Waals surface area contributed by atoms with Crippen molar-refractivity contribution in [1.29, 1.82) is 0 Å². The third-order valence-electron chi connectivity index (χ3n) is 3.33. The molecule has 0 spiro atoms. The minimum atomic E-state index is -0.935. The van der Waals surface area contributed by atoms with E-state index in [4.69, 9.17) is 0 Å². The summed E-state index contributed by atoms with van der Waals surface area (Å²) in [7, 11) is 0. The van der Waals surface area contributed by atoms with Crippen LogP contribution in [0.25, 0.3) is 0 Å². The van der Waals surface area contributed by atoms with E-state index in [0.29, 0.717) is 5.56 Å². The number of carbonyl (C=O) groups excluding carboxylic acids is 1. The lowest BCUT2D eigenvalue weighted by molar-refractivity contribution is 0.0904. The molecule has 0 N–H and O–H groups in total. The molecule has 0 aliphatic rings. The molecule has 0 bridgehead atoms. The van der Waals surface area contributed by atoms with Gasteiger partial charge in [-0.3, -0.25) is 4.79 Å². The van der Waals surface area contributed by atoms with Gasteiger partial charge in [-0.25, -0.2) is 8.78 Å². The fourth-order valence-electron chi connectivity index (χ4n) is 2.01. The van der Waals surface area contributed by atoms with E-state index in [1.165, 1.54) is 24.3 Å². The molecule has 1 nitrogen and oxygen atoms in total. The Kier molecular flexibility index (Phi) is 4.04. The molecule has 0 heterocycles. The highest BCUT2D eigenvalue weighted by Gasteiger charge is 2.32. The van der Waals surface area contributed by atoms with Crippen LogP contribution in [0.3, 0.4) is 0 Å². The molecular formula is C16H13BrF2O. The average Bonchev–Trinajstić information content (AvgIpc) is 2.41. The predicted octanol–water partition coefficient (Wildman–Crippen LogP) is 4.89. The summed E-state index contributed by atoms with van der Waals surface area (Å²) in [5.74, 6) is -1.29. The molecule has 0 aromatic heterocycles. The second kappa shape index (κ2) is 5.44. The van der Waals surface area contributed by atoms with Crippen LogP contribution in [-0.2, 0) is 5.41 Å². The van der Waals surface area contributed by atoms with Crippen LogP contribution in [-0.4, -0.2) is 5.78 Å². The Hall–Kier alpha value is -1.55. The molecule has 0 saturated heterocycles. The quantitative estimate of drug-likeness (QED) is 0.728. The first-order valence-corrected chi connectivity index (χ1v) is 6.88. The lowest BCUT2D eigenvalue weighted by Crippen LogP contribution is -2.30. The number of benzene rings is 2. The highest BCUT2D eigenvalue weighted by atomic mass is 79.9. The summed E-state index contributed by atoms with van der Waals surface area (Å²) < 4.78 is 27.2. The van der Waals surface area contributed by atoms with E-state index in [-0.39, 0.29) is 21.6 Å². The van der Waals surface area contributed by atoms with Crippen LogP contribution in [0.15, 0.2) is 46.9 Å². The average molecular weight is 339 g/mol. The Labute approximate surface area is 124 Å². The summed E-state index contributed by atoms with van der Waals surface area (Å²) in [5, 5.41) is 0. The minimum absolute atomic E-state index is 0.0219. The van der Waals surface area contributed by atoms with Crippen molar-refractivity contribution < 1.29 is 13.6 Å². The maximum atomic E-state index is 14.0. The van der Waals surface area contributed by atoms with Gasteiger partial charge in [-0.2, -0.15) is 0 Å². The van der Waals surface area contributed by atoms with Gasteiger partial charge < -0.3 is 0 Å². The molecule has 104 valence electrons. The van der Waals surface area contributed by atoms with Crippen molar-refractivity contribution >= 4 is 21.7 Å². The second-order valence-electron chi connectivity index (χ2n) is 5.06. The molecule has 0 aliphatic heterocycles. The molecule has 20 heavy (non-hydrogen) atoms. The number of Topliss-reactive ketones (excluding diaryl/α,β-unsaturated/α-hetero) is 1. The third kappa shape index (κ3) is 2.66. The molecule has 2 rings (SSSR count).